The average Bonchev–Trinajstić information content (AvgIpc) is 2.70. The first-order valence-electron chi connectivity index (χ1n) is 8.68. The van der Waals surface area contributed by atoms with Crippen LogP contribution in [0, 0.1) is 0 Å². The number of halogens is 2. The fraction of sp³-hybridized carbons (Fsp3) is 0.143. The number of nitrogens with one attached hydrogen (secondary N) is 1. The molecule has 1 aliphatic rings. The second-order valence-electron chi connectivity index (χ2n) is 6.38. The summed E-state index contributed by atoms with van der Waals surface area (Å²) in [5, 5.41) is 14.6. The SMILES string of the molecule is O=C(O)c1cc(Cl)ccc1Nc1c(C2=CCOCC2)cnc2ccc(Cl)cc12. The number of fused-ring (bicyclic) bond motifs is 1. The minimum Gasteiger partial charge on any atom is -0.478 e. The van der Waals surface area contributed by atoms with Crippen LogP contribution in [0.3, 0.4) is 0 Å². The number of pyridine rings is 1. The molecule has 0 unspecified atom stereocenters. The second kappa shape index (κ2) is 7.80. The smallest absolute Gasteiger partial charge is 0.337 e. The fourth-order valence-corrected chi connectivity index (χ4v) is 3.60. The zero-order chi connectivity index (χ0) is 19.7. The van der Waals surface area contributed by atoms with Gasteiger partial charge in [0.2, 0.25) is 0 Å². The van der Waals surface area contributed by atoms with Crippen LogP contribution in [0.15, 0.2) is 48.7 Å². The van der Waals surface area contributed by atoms with Gasteiger partial charge in [0.05, 0.1) is 35.7 Å². The molecule has 4 rings (SSSR count). The summed E-state index contributed by atoms with van der Waals surface area (Å²) in [5.74, 6) is -1.06. The van der Waals surface area contributed by atoms with Crippen molar-refractivity contribution in [2.45, 2.75) is 6.42 Å². The summed E-state index contributed by atoms with van der Waals surface area (Å²) in [6.45, 7) is 1.16. The van der Waals surface area contributed by atoms with Crippen LogP contribution < -0.4 is 5.32 Å². The molecule has 2 N–H and O–H groups in total. The lowest BCUT2D eigenvalue weighted by molar-refractivity contribution is 0.0698. The highest BCUT2D eigenvalue weighted by atomic mass is 35.5. The zero-order valence-electron chi connectivity index (χ0n) is 14.7. The van der Waals surface area contributed by atoms with Gasteiger partial charge in [0.25, 0.3) is 0 Å². The van der Waals surface area contributed by atoms with Crippen molar-refractivity contribution in [1.29, 1.82) is 0 Å². The maximum Gasteiger partial charge on any atom is 0.337 e. The third-order valence-corrected chi connectivity index (χ3v) is 5.08. The largest absolute Gasteiger partial charge is 0.478 e. The summed E-state index contributed by atoms with van der Waals surface area (Å²) in [5.41, 5.74) is 4.03. The Kier molecular flexibility index (Phi) is 5.22. The van der Waals surface area contributed by atoms with Gasteiger partial charge in [0.15, 0.2) is 0 Å². The Labute approximate surface area is 171 Å². The van der Waals surface area contributed by atoms with E-state index in [1.54, 1.807) is 24.4 Å². The minimum atomic E-state index is -1.06. The van der Waals surface area contributed by atoms with Crippen molar-refractivity contribution >= 4 is 57.0 Å². The van der Waals surface area contributed by atoms with Crippen molar-refractivity contribution in [3.8, 4) is 0 Å². The quantitative estimate of drug-likeness (QED) is 0.565. The third kappa shape index (κ3) is 3.69. The lowest BCUT2D eigenvalue weighted by Crippen LogP contribution is -2.08. The molecule has 0 atom stereocenters. The Hall–Kier alpha value is -2.60. The van der Waals surface area contributed by atoms with Gasteiger partial charge in [-0.25, -0.2) is 4.79 Å². The van der Waals surface area contributed by atoms with Gasteiger partial charge in [-0.2, -0.15) is 0 Å². The molecule has 7 heteroatoms. The van der Waals surface area contributed by atoms with E-state index in [-0.39, 0.29) is 5.56 Å². The Bertz CT molecular complexity index is 1110. The highest BCUT2D eigenvalue weighted by Crippen LogP contribution is 2.37. The molecule has 0 amide bonds. The maximum atomic E-state index is 11.7. The van der Waals surface area contributed by atoms with Crippen LogP contribution in [-0.4, -0.2) is 29.3 Å². The van der Waals surface area contributed by atoms with Crippen LogP contribution in [-0.2, 0) is 4.74 Å². The average molecular weight is 415 g/mol. The van der Waals surface area contributed by atoms with Crippen LogP contribution in [0.1, 0.15) is 22.3 Å². The number of carboxylic acids is 1. The Morgan fingerprint density at radius 1 is 1.14 bits per heavy atom. The highest BCUT2D eigenvalue weighted by molar-refractivity contribution is 6.31. The fourth-order valence-electron chi connectivity index (χ4n) is 3.25. The first kappa shape index (κ1) is 18.7. The molecule has 0 bridgehead atoms. The van der Waals surface area contributed by atoms with Gasteiger partial charge < -0.3 is 15.2 Å². The normalized spacial score (nSPS) is 14.0. The Morgan fingerprint density at radius 2 is 1.93 bits per heavy atom. The van der Waals surface area contributed by atoms with E-state index in [4.69, 9.17) is 27.9 Å². The highest BCUT2D eigenvalue weighted by Gasteiger charge is 2.18. The molecule has 0 fully saturated rings. The molecular formula is C21H16Cl2N2O3. The molecular weight excluding hydrogens is 399 g/mol. The lowest BCUT2D eigenvalue weighted by atomic mass is 9.98. The third-order valence-electron chi connectivity index (χ3n) is 4.61. The number of hydrogen-bond acceptors (Lipinski definition) is 4. The number of anilines is 2. The molecule has 0 radical (unpaired) electrons. The first-order valence-corrected chi connectivity index (χ1v) is 9.44. The molecule has 142 valence electrons. The number of benzene rings is 2. The summed E-state index contributed by atoms with van der Waals surface area (Å²) in [4.78, 5) is 16.3. The topological polar surface area (TPSA) is 71.5 Å². The predicted octanol–water partition coefficient (Wildman–Crippen LogP) is 5.79. The van der Waals surface area contributed by atoms with E-state index >= 15 is 0 Å². The van der Waals surface area contributed by atoms with Gasteiger partial charge in [0.1, 0.15) is 0 Å². The first-order chi connectivity index (χ1) is 13.5. The van der Waals surface area contributed by atoms with Crippen molar-refractivity contribution in [2.24, 2.45) is 0 Å². The molecule has 0 spiro atoms. The summed E-state index contributed by atoms with van der Waals surface area (Å²) in [6.07, 6.45) is 4.56. The Balaban J connectivity index is 1.92. The summed E-state index contributed by atoms with van der Waals surface area (Å²) in [7, 11) is 0. The van der Waals surface area contributed by atoms with Gasteiger partial charge in [-0.1, -0.05) is 29.3 Å². The molecule has 0 aliphatic carbocycles. The molecule has 28 heavy (non-hydrogen) atoms. The molecule has 2 heterocycles. The van der Waals surface area contributed by atoms with E-state index in [9.17, 15) is 9.90 Å². The predicted molar refractivity (Wildman–Crippen MR) is 112 cm³/mol. The van der Waals surface area contributed by atoms with Gasteiger partial charge in [-0.3, -0.25) is 4.98 Å². The van der Waals surface area contributed by atoms with Crippen LogP contribution in [0.2, 0.25) is 10.0 Å². The van der Waals surface area contributed by atoms with Crippen molar-refractivity contribution in [3.05, 3.63) is 69.8 Å². The number of aromatic carboxylic acids is 1. The number of carbonyl (C=O) groups is 1. The number of rotatable bonds is 4. The van der Waals surface area contributed by atoms with Gasteiger partial charge in [0, 0.05) is 27.2 Å². The van der Waals surface area contributed by atoms with E-state index in [2.05, 4.69) is 10.3 Å². The molecule has 0 saturated heterocycles. The van der Waals surface area contributed by atoms with Crippen LogP contribution in [0.25, 0.3) is 16.5 Å². The summed E-state index contributed by atoms with van der Waals surface area (Å²) in [6, 6.07) is 10.2. The zero-order valence-corrected chi connectivity index (χ0v) is 16.2. The van der Waals surface area contributed by atoms with Gasteiger partial charge in [-0.15, -0.1) is 0 Å². The lowest BCUT2D eigenvalue weighted by Gasteiger charge is -2.20. The number of aromatic nitrogens is 1. The summed E-state index contributed by atoms with van der Waals surface area (Å²) >= 11 is 12.2. The Morgan fingerprint density at radius 3 is 2.68 bits per heavy atom. The molecule has 1 aromatic heterocycles. The molecule has 0 saturated carbocycles. The van der Waals surface area contributed by atoms with E-state index in [1.807, 2.05) is 18.2 Å². The number of hydrogen-bond donors (Lipinski definition) is 2. The molecule has 1 aliphatic heterocycles. The van der Waals surface area contributed by atoms with Crippen LogP contribution in [0.4, 0.5) is 11.4 Å². The minimum absolute atomic E-state index is 0.0893. The molecule has 2 aromatic carbocycles. The van der Waals surface area contributed by atoms with E-state index in [1.165, 1.54) is 6.07 Å². The molecule has 5 nitrogen and oxygen atoms in total. The van der Waals surface area contributed by atoms with Crippen molar-refractivity contribution in [3.63, 3.8) is 0 Å². The number of carboxylic acid groups (broad SMARTS) is 1. The summed E-state index contributed by atoms with van der Waals surface area (Å²) < 4.78 is 5.42. The number of ether oxygens (including phenoxy) is 1. The van der Waals surface area contributed by atoms with Crippen molar-refractivity contribution in [2.75, 3.05) is 18.5 Å². The maximum absolute atomic E-state index is 11.7. The van der Waals surface area contributed by atoms with Crippen molar-refractivity contribution < 1.29 is 14.6 Å². The monoisotopic (exact) mass is 414 g/mol. The van der Waals surface area contributed by atoms with E-state index in [0.29, 0.717) is 28.9 Å². The standard InChI is InChI=1S/C21H16Cl2N2O3/c22-13-1-3-18-15(9-13)20(17(11-24-18)12-5-7-28-8-6-12)25-19-4-2-14(23)10-16(19)21(26)27/h1-5,9-11H,6-8H2,(H,24,25)(H,26,27). The van der Waals surface area contributed by atoms with Gasteiger partial charge in [-0.05, 0) is 48.4 Å². The van der Waals surface area contributed by atoms with Crippen LogP contribution >= 0.6 is 23.2 Å². The second-order valence-corrected chi connectivity index (χ2v) is 7.26. The van der Waals surface area contributed by atoms with E-state index in [0.717, 1.165) is 34.1 Å². The molecule has 3 aromatic rings. The van der Waals surface area contributed by atoms with Crippen molar-refractivity contribution in [1.82, 2.24) is 4.98 Å². The van der Waals surface area contributed by atoms with Crippen LogP contribution in [0.5, 0.6) is 0 Å². The van der Waals surface area contributed by atoms with Gasteiger partial charge >= 0.3 is 5.97 Å². The number of nitrogens with zero attached hydrogens (tertiary/aromatic N) is 1. The van der Waals surface area contributed by atoms with E-state index < -0.39 is 5.97 Å².